The van der Waals surface area contributed by atoms with Gasteiger partial charge in [-0.1, -0.05) is 33.3 Å². The smallest absolute Gasteiger partial charge is 0.416 e. The first-order valence-electron chi connectivity index (χ1n) is 16.8. The van der Waals surface area contributed by atoms with Crippen molar-refractivity contribution in [1.82, 2.24) is 4.98 Å². The zero-order valence-corrected chi connectivity index (χ0v) is 30.9. The van der Waals surface area contributed by atoms with Crippen LogP contribution < -0.4 is 19.8 Å². The fourth-order valence-corrected chi connectivity index (χ4v) is 11.8. The molecule has 3 heterocycles. The highest BCUT2D eigenvalue weighted by atomic mass is 79.9. The number of H-pyrrole nitrogens is 1. The summed E-state index contributed by atoms with van der Waals surface area (Å²) in [5, 5.41) is 3.03. The maximum absolute atomic E-state index is 14.2. The van der Waals surface area contributed by atoms with E-state index in [0.29, 0.717) is 38.5 Å². The van der Waals surface area contributed by atoms with Crippen molar-refractivity contribution in [3.63, 3.8) is 0 Å². The fraction of sp³-hybridized carbons (Fsp3) is 0.324. The van der Waals surface area contributed by atoms with Crippen LogP contribution in [-0.4, -0.2) is 47.1 Å². The topological polar surface area (TPSA) is 135 Å². The maximum atomic E-state index is 14.2. The number of fused-ring (bicyclic) bond motifs is 9. The van der Waals surface area contributed by atoms with E-state index < -0.39 is 48.0 Å². The fourth-order valence-electron chi connectivity index (χ4n) is 8.59. The number of aromatic nitrogens is 1. The van der Waals surface area contributed by atoms with Crippen molar-refractivity contribution >= 4 is 74.1 Å². The molecule has 1 aromatic heterocycles. The molecule has 7 atom stereocenters. The predicted octanol–water partition coefficient (Wildman–Crippen LogP) is 7.09. The van der Waals surface area contributed by atoms with Gasteiger partial charge in [0, 0.05) is 31.8 Å². The summed E-state index contributed by atoms with van der Waals surface area (Å²) in [6.45, 7) is 1.41. The van der Waals surface area contributed by atoms with E-state index in [1.165, 1.54) is 40.9 Å². The minimum absolute atomic E-state index is 0.0327. The van der Waals surface area contributed by atoms with Crippen LogP contribution in [0.1, 0.15) is 45.6 Å². The normalized spacial score (nSPS) is 25.5. The molecule has 0 spiro atoms. The van der Waals surface area contributed by atoms with Gasteiger partial charge in [0.2, 0.25) is 11.8 Å². The number of nitrogens with one attached hydrogen (secondary N) is 2. The molecular formula is C37H29BrF3N3O7S2. The average Bonchev–Trinajstić information content (AvgIpc) is 3.86. The Labute approximate surface area is 316 Å². The van der Waals surface area contributed by atoms with Gasteiger partial charge in [-0.05, 0) is 91.8 Å². The molecule has 2 bridgehead atoms. The number of halogens is 4. The van der Waals surface area contributed by atoms with Gasteiger partial charge in [-0.2, -0.15) is 13.2 Å². The van der Waals surface area contributed by atoms with Crippen LogP contribution in [0.15, 0.2) is 81.0 Å². The van der Waals surface area contributed by atoms with Crippen LogP contribution in [0.25, 0.3) is 0 Å². The van der Waals surface area contributed by atoms with E-state index in [1.807, 2.05) is 6.07 Å². The minimum Gasteiger partial charge on any atom is -0.483 e. The first kappa shape index (κ1) is 35.6. The minimum atomic E-state index is -4.58. The molecule has 16 heteroatoms. The van der Waals surface area contributed by atoms with Crippen molar-refractivity contribution in [2.45, 2.75) is 35.7 Å². The van der Waals surface area contributed by atoms with Crippen molar-refractivity contribution in [3.8, 4) is 5.75 Å². The van der Waals surface area contributed by atoms with Gasteiger partial charge in [0.1, 0.15) is 5.75 Å². The summed E-state index contributed by atoms with van der Waals surface area (Å²) in [7, 11) is 0. The Bertz CT molecular complexity index is 2230. The second kappa shape index (κ2) is 13.5. The number of nitrogens with zero attached hydrogens (tertiary/aromatic N) is 1. The summed E-state index contributed by atoms with van der Waals surface area (Å²) in [6.07, 6.45) is -3.93. The first-order valence-corrected chi connectivity index (χ1v) is 19.3. The van der Waals surface area contributed by atoms with Crippen LogP contribution in [0, 0.1) is 29.6 Å². The number of alkyl halides is 3. The maximum Gasteiger partial charge on any atom is 0.416 e. The summed E-state index contributed by atoms with van der Waals surface area (Å²) in [5.74, 6) is -3.54. The van der Waals surface area contributed by atoms with Crippen molar-refractivity contribution in [1.29, 1.82) is 0 Å². The van der Waals surface area contributed by atoms with E-state index in [2.05, 4.69) is 26.2 Å². The molecule has 3 aromatic carbocycles. The molecule has 0 radical (unpaired) electrons. The highest BCUT2D eigenvalue weighted by Crippen LogP contribution is 2.69. The molecule has 3 fully saturated rings. The van der Waals surface area contributed by atoms with Gasteiger partial charge in [0.25, 0.3) is 5.91 Å². The second-order valence-electron chi connectivity index (χ2n) is 13.3. The van der Waals surface area contributed by atoms with Gasteiger partial charge in [0.05, 0.1) is 40.3 Å². The van der Waals surface area contributed by atoms with Gasteiger partial charge in [0.15, 0.2) is 6.61 Å². The molecule has 274 valence electrons. The van der Waals surface area contributed by atoms with E-state index in [1.54, 1.807) is 31.2 Å². The monoisotopic (exact) mass is 827 g/mol. The molecule has 2 N–H and O–H groups in total. The third-order valence-corrected chi connectivity index (χ3v) is 13.6. The van der Waals surface area contributed by atoms with E-state index in [-0.39, 0.29) is 52.0 Å². The summed E-state index contributed by atoms with van der Waals surface area (Å²) >= 11 is 6.15. The largest absolute Gasteiger partial charge is 0.483 e. The van der Waals surface area contributed by atoms with Crippen molar-refractivity contribution < 1.29 is 41.8 Å². The van der Waals surface area contributed by atoms with Gasteiger partial charge >= 0.3 is 17.0 Å². The Morgan fingerprint density at radius 2 is 1.74 bits per heavy atom. The molecule has 53 heavy (non-hydrogen) atoms. The van der Waals surface area contributed by atoms with Crippen molar-refractivity contribution in [2.24, 2.45) is 29.6 Å². The Morgan fingerprint density at radius 3 is 2.45 bits per heavy atom. The SMILES string of the molecule is CCOC(=O)c1ccc(N2C(=O)C3C4CC(C3C2=O)C2C4Sc3[nH]c(=O)sc3[C@@H]2c2cc(Br)ccc2OCC(=O)Nc2cccc(C(F)(F)F)c2)cc1. The molecule has 3 amide bonds. The molecule has 2 aliphatic heterocycles. The van der Waals surface area contributed by atoms with Crippen LogP contribution >= 0.6 is 39.0 Å². The standard InChI is InChI=1S/C37H29BrF3N3O7S2/c1-2-50-35(48)16-6-9-20(10-7-16)44-33(46)28-22-14-23(29(28)34(44)47)30-27(22)26(31-32(52-30)43-36(49)53-31)21-13-18(38)8-11-24(21)51-15-25(45)42-19-5-3-4-17(12-19)37(39,40)41/h3-13,22-23,26-30H,2,14-15H2,1H3,(H,42,45)(H,43,49)/t22?,23?,26-,27?,28?,29?,30?/m1/s1. The summed E-state index contributed by atoms with van der Waals surface area (Å²) < 4.78 is 51.5. The van der Waals surface area contributed by atoms with Crippen LogP contribution in [0.5, 0.6) is 5.75 Å². The van der Waals surface area contributed by atoms with Gasteiger partial charge in [-0.25, -0.2) is 4.79 Å². The number of hydrogen-bond acceptors (Lipinski definition) is 9. The lowest BCUT2D eigenvalue weighted by atomic mass is 9.68. The number of hydrogen-bond donors (Lipinski definition) is 2. The third kappa shape index (κ3) is 6.17. The Morgan fingerprint density at radius 1 is 1.00 bits per heavy atom. The molecule has 4 aliphatic rings. The predicted molar refractivity (Wildman–Crippen MR) is 193 cm³/mol. The quantitative estimate of drug-likeness (QED) is 0.142. The number of imide groups is 1. The van der Waals surface area contributed by atoms with Crippen LogP contribution in [0.4, 0.5) is 24.5 Å². The third-order valence-electron chi connectivity index (χ3n) is 10.5. The number of carbonyl (C=O) groups is 4. The van der Waals surface area contributed by atoms with Crippen molar-refractivity contribution in [3.05, 3.63) is 102 Å². The first-order chi connectivity index (χ1) is 25.3. The number of thiazole rings is 1. The zero-order valence-electron chi connectivity index (χ0n) is 27.6. The molecular weight excluding hydrogens is 799 g/mol. The highest BCUT2D eigenvalue weighted by molar-refractivity contribution is 9.10. The lowest BCUT2D eigenvalue weighted by Gasteiger charge is -2.43. The highest BCUT2D eigenvalue weighted by Gasteiger charge is 2.70. The molecule has 2 aliphatic carbocycles. The van der Waals surface area contributed by atoms with E-state index in [4.69, 9.17) is 9.47 Å². The van der Waals surface area contributed by atoms with Gasteiger partial charge < -0.3 is 19.8 Å². The number of carbonyl (C=O) groups excluding carboxylic acids is 4. The summed E-state index contributed by atoms with van der Waals surface area (Å²) in [5.41, 5.74) is 0.423. The van der Waals surface area contributed by atoms with E-state index in [0.717, 1.165) is 28.3 Å². The molecule has 4 aromatic rings. The lowest BCUT2D eigenvalue weighted by Crippen LogP contribution is -2.42. The number of ether oxygens (including phenoxy) is 2. The van der Waals surface area contributed by atoms with E-state index >= 15 is 0 Å². The molecule has 10 nitrogen and oxygen atoms in total. The molecule has 8 rings (SSSR count). The van der Waals surface area contributed by atoms with Gasteiger partial charge in [-0.15, -0.1) is 11.8 Å². The zero-order chi connectivity index (χ0) is 37.3. The molecule has 1 saturated heterocycles. The summed E-state index contributed by atoms with van der Waals surface area (Å²) in [6, 6.07) is 15.8. The number of esters is 1. The Kier molecular flexibility index (Phi) is 9.05. The van der Waals surface area contributed by atoms with E-state index in [9.17, 15) is 37.1 Å². The number of benzene rings is 3. The number of amides is 3. The van der Waals surface area contributed by atoms with Crippen LogP contribution in [-0.2, 0) is 25.3 Å². The number of thioether (sulfide) groups is 1. The number of rotatable bonds is 8. The number of anilines is 2. The number of aromatic amines is 1. The average molecular weight is 829 g/mol. The Balaban J connectivity index is 1.09. The molecule has 2 saturated carbocycles. The Hall–Kier alpha value is -4.41. The van der Waals surface area contributed by atoms with Crippen LogP contribution in [0.3, 0.4) is 0 Å². The van der Waals surface area contributed by atoms with Crippen LogP contribution in [0.2, 0.25) is 0 Å². The van der Waals surface area contributed by atoms with Crippen molar-refractivity contribution in [2.75, 3.05) is 23.4 Å². The summed E-state index contributed by atoms with van der Waals surface area (Å²) in [4.78, 5) is 70.9. The van der Waals surface area contributed by atoms with Gasteiger partial charge in [-0.3, -0.25) is 24.1 Å². The lowest BCUT2D eigenvalue weighted by molar-refractivity contribution is -0.137. The molecule has 6 unspecified atom stereocenters. The second-order valence-corrected chi connectivity index (χ2v) is 16.5.